The van der Waals surface area contributed by atoms with Gasteiger partial charge in [-0.2, -0.15) is 0 Å². The van der Waals surface area contributed by atoms with Crippen LogP contribution < -0.4 is 0 Å². The van der Waals surface area contributed by atoms with E-state index < -0.39 is 18.8 Å². The molecule has 0 radical (unpaired) electrons. The van der Waals surface area contributed by atoms with Crippen molar-refractivity contribution in [3.05, 3.63) is 28.8 Å². The molecule has 0 aromatic heterocycles. The van der Waals surface area contributed by atoms with E-state index in [0.29, 0.717) is 0 Å². The van der Waals surface area contributed by atoms with Gasteiger partial charge in [0, 0.05) is 5.56 Å². The van der Waals surface area contributed by atoms with Crippen molar-refractivity contribution >= 4 is 11.6 Å². The summed E-state index contributed by atoms with van der Waals surface area (Å²) < 4.78 is 0. The van der Waals surface area contributed by atoms with Crippen LogP contribution in [0.25, 0.3) is 0 Å². The average Bonchev–Trinajstić information content (AvgIpc) is 2.15. The Bertz CT molecular complexity index is 316. The minimum atomic E-state index is -1.28. The number of phenols is 1. The van der Waals surface area contributed by atoms with Gasteiger partial charge in [-0.15, -0.1) is 0 Å². The molecule has 0 aliphatic carbocycles. The molecule has 0 heterocycles. The summed E-state index contributed by atoms with van der Waals surface area (Å²) >= 11 is 5.71. The predicted octanol–water partition coefficient (Wildman–Crippen LogP) is 0.432. The molecule has 0 fully saturated rings. The molecule has 1 aromatic rings. The third-order valence-electron chi connectivity index (χ3n) is 1.85. The lowest BCUT2D eigenvalue weighted by atomic mass is 10.0. The summed E-state index contributed by atoms with van der Waals surface area (Å²) in [7, 11) is 0. The van der Waals surface area contributed by atoms with E-state index in [2.05, 4.69) is 0 Å². The molecule has 0 aliphatic rings. The fourth-order valence-electron chi connectivity index (χ4n) is 1.06. The molecule has 4 N–H and O–H groups in total. The van der Waals surface area contributed by atoms with Gasteiger partial charge < -0.3 is 20.4 Å². The summed E-state index contributed by atoms with van der Waals surface area (Å²) in [6.07, 6.45) is -2.54. The number of benzene rings is 1. The highest BCUT2D eigenvalue weighted by atomic mass is 35.5. The molecule has 78 valence electrons. The Morgan fingerprint density at radius 3 is 2.43 bits per heavy atom. The number of halogens is 1. The van der Waals surface area contributed by atoms with Gasteiger partial charge in [0.25, 0.3) is 0 Å². The van der Waals surface area contributed by atoms with Crippen LogP contribution in [0.3, 0.4) is 0 Å². The molecular formula is C9H11ClO4. The van der Waals surface area contributed by atoms with Crippen molar-refractivity contribution in [3.8, 4) is 5.75 Å². The molecule has 2 atom stereocenters. The van der Waals surface area contributed by atoms with E-state index >= 15 is 0 Å². The Morgan fingerprint density at radius 2 is 1.93 bits per heavy atom. The van der Waals surface area contributed by atoms with Gasteiger partial charge in [0.05, 0.1) is 11.6 Å². The standard InChI is InChI=1S/C9H11ClO4/c10-7-3-5(12)1-2-6(7)9(14)8(13)4-11/h1-3,8-9,11-14H,4H2. The largest absolute Gasteiger partial charge is 0.508 e. The van der Waals surface area contributed by atoms with Crippen molar-refractivity contribution in [2.24, 2.45) is 0 Å². The first-order valence-electron chi connectivity index (χ1n) is 4.01. The number of hydrogen-bond acceptors (Lipinski definition) is 4. The molecule has 0 saturated carbocycles. The van der Waals surface area contributed by atoms with Crippen molar-refractivity contribution in [1.29, 1.82) is 0 Å². The van der Waals surface area contributed by atoms with E-state index in [0.717, 1.165) is 0 Å². The van der Waals surface area contributed by atoms with Crippen LogP contribution in [0.15, 0.2) is 18.2 Å². The fourth-order valence-corrected chi connectivity index (χ4v) is 1.35. The lowest BCUT2D eigenvalue weighted by molar-refractivity contribution is -0.0152. The maximum atomic E-state index is 9.48. The zero-order valence-electron chi connectivity index (χ0n) is 7.26. The monoisotopic (exact) mass is 218 g/mol. The second-order valence-electron chi connectivity index (χ2n) is 2.90. The van der Waals surface area contributed by atoms with Crippen molar-refractivity contribution in [2.75, 3.05) is 6.61 Å². The Morgan fingerprint density at radius 1 is 1.29 bits per heavy atom. The first-order valence-corrected chi connectivity index (χ1v) is 4.39. The van der Waals surface area contributed by atoms with Gasteiger partial charge in [0.15, 0.2) is 0 Å². The number of aliphatic hydroxyl groups is 3. The van der Waals surface area contributed by atoms with Crippen LogP contribution in [0.1, 0.15) is 11.7 Å². The second kappa shape index (κ2) is 4.61. The van der Waals surface area contributed by atoms with Gasteiger partial charge in [-0.25, -0.2) is 0 Å². The molecule has 0 bridgehead atoms. The van der Waals surface area contributed by atoms with Gasteiger partial charge in [-0.05, 0) is 12.1 Å². The van der Waals surface area contributed by atoms with E-state index in [4.69, 9.17) is 26.9 Å². The molecule has 5 heteroatoms. The third kappa shape index (κ3) is 2.36. The van der Waals surface area contributed by atoms with Crippen LogP contribution in [-0.4, -0.2) is 33.1 Å². The highest BCUT2D eigenvalue weighted by molar-refractivity contribution is 6.31. The summed E-state index contributed by atoms with van der Waals surface area (Å²) in [5.74, 6) is -0.0237. The van der Waals surface area contributed by atoms with Gasteiger partial charge in [-0.1, -0.05) is 17.7 Å². The number of aliphatic hydroxyl groups excluding tert-OH is 3. The average molecular weight is 219 g/mol. The number of aromatic hydroxyl groups is 1. The molecule has 4 nitrogen and oxygen atoms in total. The summed E-state index contributed by atoms with van der Waals surface area (Å²) in [6, 6.07) is 3.99. The topological polar surface area (TPSA) is 80.9 Å². The normalized spacial score (nSPS) is 15.1. The minimum Gasteiger partial charge on any atom is -0.508 e. The highest BCUT2D eigenvalue weighted by Gasteiger charge is 2.19. The summed E-state index contributed by atoms with van der Waals surface area (Å²) in [5, 5.41) is 36.4. The summed E-state index contributed by atoms with van der Waals surface area (Å²) in [5.41, 5.74) is 0.269. The zero-order valence-corrected chi connectivity index (χ0v) is 8.02. The van der Waals surface area contributed by atoms with E-state index in [1.54, 1.807) is 0 Å². The first kappa shape index (κ1) is 11.3. The highest BCUT2D eigenvalue weighted by Crippen LogP contribution is 2.28. The lowest BCUT2D eigenvalue weighted by Gasteiger charge is -2.17. The van der Waals surface area contributed by atoms with E-state index in [-0.39, 0.29) is 16.3 Å². The molecule has 14 heavy (non-hydrogen) atoms. The quantitative estimate of drug-likeness (QED) is 0.593. The number of hydrogen-bond donors (Lipinski definition) is 4. The van der Waals surface area contributed by atoms with Gasteiger partial charge in [0.1, 0.15) is 18.0 Å². The first-order chi connectivity index (χ1) is 6.56. The van der Waals surface area contributed by atoms with Crippen molar-refractivity contribution in [1.82, 2.24) is 0 Å². The molecule has 1 rings (SSSR count). The Kier molecular flexibility index (Phi) is 3.71. The van der Waals surface area contributed by atoms with Crippen LogP contribution in [0.2, 0.25) is 5.02 Å². The minimum absolute atomic E-state index is 0.0237. The van der Waals surface area contributed by atoms with Crippen LogP contribution in [0, 0.1) is 0 Å². The molecule has 2 unspecified atom stereocenters. The lowest BCUT2D eigenvalue weighted by Crippen LogP contribution is -2.22. The smallest absolute Gasteiger partial charge is 0.117 e. The zero-order chi connectivity index (χ0) is 10.7. The maximum absolute atomic E-state index is 9.48. The Hall–Kier alpha value is -0.810. The van der Waals surface area contributed by atoms with Crippen LogP contribution in [-0.2, 0) is 0 Å². The molecule has 0 saturated heterocycles. The van der Waals surface area contributed by atoms with Gasteiger partial charge in [0.2, 0.25) is 0 Å². The summed E-state index contributed by atoms with van der Waals surface area (Å²) in [4.78, 5) is 0. The molecule has 1 aromatic carbocycles. The number of rotatable bonds is 3. The Labute approximate surface area is 86.0 Å². The SMILES string of the molecule is OCC(O)C(O)c1ccc(O)cc1Cl. The van der Waals surface area contributed by atoms with Crippen molar-refractivity contribution in [2.45, 2.75) is 12.2 Å². The van der Waals surface area contributed by atoms with Gasteiger partial charge in [-0.3, -0.25) is 0 Å². The van der Waals surface area contributed by atoms with E-state index in [1.807, 2.05) is 0 Å². The Balaban J connectivity index is 2.95. The van der Waals surface area contributed by atoms with Crippen LogP contribution in [0.5, 0.6) is 5.75 Å². The third-order valence-corrected chi connectivity index (χ3v) is 2.18. The van der Waals surface area contributed by atoms with E-state index in [9.17, 15) is 5.11 Å². The van der Waals surface area contributed by atoms with E-state index in [1.165, 1.54) is 18.2 Å². The number of phenolic OH excluding ortho intramolecular Hbond substituents is 1. The van der Waals surface area contributed by atoms with Crippen molar-refractivity contribution in [3.63, 3.8) is 0 Å². The summed E-state index contributed by atoms with van der Waals surface area (Å²) in [6.45, 7) is -0.557. The molecular weight excluding hydrogens is 208 g/mol. The molecule has 0 spiro atoms. The van der Waals surface area contributed by atoms with Crippen LogP contribution in [0.4, 0.5) is 0 Å². The molecule has 0 amide bonds. The van der Waals surface area contributed by atoms with Crippen LogP contribution >= 0.6 is 11.6 Å². The maximum Gasteiger partial charge on any atom is 0.117 e. The molecule has 0 aliphatic heterocycles. The van der Waals surface area contributed by atoms with Gasteiger partial charge >= 0.3 is 0 Å². The van der Waals surface area contributed by atoms with Crippen molar-refractivity contribution < 1.29 is 20.4 Å². The fraction of sp³-hybridized carbons (Fsp3) is 0.333. The predicted molar refractivity (Wildman–Crippen MR) is 51.2 cm³/mol. The second-order valence-corrected chi connectivity index (χ2v) is 3.31.